The monoisotopic (exact) mass is 366 g/mol. The maximum Gasteiger partial charge on any atom is 0.0355 e. The molecular formula is C26H22S. The Labute approximate surface area is 164 Å². The second-order valence-electron chi connectivity index (χ2n) is 7.59. The van der Waals surface area contributed by atoms with Crippen LogP contribution in [-0.4, -0.2) is 0 Å². The number of aryl methyl sites for hydroxylation is 1. The Hall–Kier alpha value is -2.64. The van der Waals surface area contributed by atoms with Gasteiger partial charge in [0, 0.05) is 26.1 Å². The van der Waals surface area contributed by atoms with Crippen molar-refractivity contribution in [3.05, 3.63) is 102 Å². The summed E-state index contributed by atoms with van der Waals surface area (Å²) < 4.78 is 2.75. The van der Waals surface area contributed by atoms with E-state index in [2.05, 4.69) is 98.8 Å². The maximum atomic E-state index is 2.42. The lowest BCUT2D eigenvalue weighted by Gasteiger charge is -2.24. The molecule has 2 atom stereocenters. The number of benzene rings is 3. The van der Waals surface area contributed by atoms with E-state index in [1.54, 1.807) is 0 Å². The second kappa shape index (κ2) is 6.51. The fourth-order valence-electron chi connectivity index (χ4n) is 4.13. The first-order valence-corrected chi connectivity index (χ1v) is 10.4. The third-order valence-electron chi connectivity index (χ3n) is 5.66. The van der Waals surface area contributed by atoms with Crippen LogP contribution in [0, 0.1) is 12.8 Å². The summed E-state index contributed by atoms with van der Waals surface area (Å²) in [4.78, 5) is 0. The number of thiophene rings is 1. The van der Waals surface area contributed by atoms with Crippen LogP contribution in [0.1, 0.15) is 29.5 Å². The van der Waals surface area contributed by atoms with Crippen molar-refractivity contribution >= 4 is 37.1 Å². The quantitative estimate of drug-likeness (QED) is 0.340. The molecule has 1 heterocycles. The van der Waals surface area contributed by atoms with Crippen LogP contribution in [-0.2, 0) is 0 Å². The lowest BCUT2D eigenvalue weighted by molar-refractivity contribution is 0.638. The molecule has 3 aromatic carbocycles. The molecule has 1 aliphatic carbocycles. The maximum absolute atomic E-state index is 2.42. The molecule has 5 rings (SSSR count). The van der Waals surface area contributed by atoms with Crippen LogP contribution < -0.4 is 0 Å². The van der Waals surface area contributed by atoms with Crippen LogP contribution in [0.15, 0.2) is 85.0 Å². The fourth-order valence-corrected chi connectivity index (χ4v) is 5.22. The van der Waals surface area contributed by atoms with E-state index in [0.717, 1.165) is 0 Å². The summed E-state index contributed by atoms with van der Waals surface area (Å²) in [6, 6.07) is 24.6. The Morgan fingerprint density at radius 1 is 0.815 bits per heavy atom. The number of rotatable bonds is 2. The van der Waals surface area contributed by atoms with Gasteiger partial charge < -0.3 is 0 Å². The third-order valence-corrected chi connectivity index (χ3v) is 6.81. The van der Waals surface area contributed by atoms with E-state index in [0.29, 0.717) is 11.8 Å². The van der Waals surface area contributed by atoms with E-state index < -0.39 is 0 Å². The van der Waals surface area contributed by atoms with Gasteiger partial charge in [0.15, 0.2) is 0 Å². The van der Waals surface area contributed by atoms with E-state index in [4.69, 9.17) is 0 Å². The van der Waals surface area contributed by atoms with Gasteiger partial charge in [0.25, 0.3) is 0 Å². The Bertz CT molecular complexity index is 1190. The number of fused-ring (bicyclic) bond motifs is 3. The van der Waals surface area contributed by atoms with Gasteiger partial charge in [-0.25, -0.2) is 0 Å². The highest BCUT2D eigenvalue weighted by Gasteiger charge is 2.20. The van der Waals surface area contributed by atoms with E-state index in [9.17, 15) is 0 Å². The molecule has 132 valence electrons. The van der Waals surface area contributed by atoms with Crippen molar-refractivity contribution in [2.75, 3.05) is 0 Å². The van der Waals surface area contributed by atoms with Crippen molar-refractivity contribution in [2.24, 2.45) is 5.92 Å². The summed E-state index contributed by atoms with van der Waals surface area (Å²) in [7, 11) is 0. The highest BCUT2D eigenvalue weighted by molar-refractivity contribution is 7.25. The zero-order chi connectivity index (χ0) is 18.4. The number of hydrogen-bond donors (Lipinski definition) is 0. The van der Waals surface area contributed by atoms with Crippen molar-refractivity contribution in [1.82, 2.24) is 0 Å². The Morgan fingerprint density at radius 3 is 2.41 bits per heavy atom. The summed E-state index contributed by atoms with van der Waals surface area (Å²) >= 11 is 1.89. The molecule has 2 unspecified atom stereocenters. The topological polar surface area (TPSA) is 0 Å². The second-order valence-corrected chi connectivity index (χ2v) is 8.67. The van der Waals surface area contributed by atoms with E-state index >= 15 is 0 Å². The van der Waals surface area contributed by atoms with Gasteiger partial charge in [-0.3, -0.25) is 0 Å². The molecular weight excluding hydrogens is 344 g/mol. The van der Waals surface area contributed by atoms with Crippen molar-refractivity contribution < 1.29 is 0 Å². The van der Waals surface area contributed by atoms with Gasteiger partial charge in [-0.05, 0) is 47.7 Å². The van der Waals surface area contributed by atoms with Gasteiger partial charge in [-0.15, -0.1) is 11.3 Å². The molecule has 1 aliphatic rings. The molecule has 0 bridgehead atoms. The van der Waals surface area contributed by atoms with Crippen LogP contribution >= 0.6 is 11.3 Å². The molecule has 0 fully saturated rings. The predicted octanol–water partition coefficient (Wildman–Crippen LogP) is 7.74. The molecule has 0 saturated heterocycles. The van der Waals surface area contributed by atoms with Crippen molar-refractivity contribution in [3.8, 4) is 0 Å². The first-order valence-electron chi connectivity index (χ1n) is 9.57. The molecule has 0 spiro atoms. The van der Waals surface area contributed by atoms with E-state index in [1.165, 1.54) is 42.4 Å². The zero-order valence-corrected chi connectivity index (χ0v) is 16.5. The lowest BCUT2D eigenvalue weighted by Crippen LogP contribution is -2.09. The number of allylic oxidation sites excluding steroid dienone is 4. The van der Waals surface area contributed by atoms with Gasteiger partial charge in [-0.1, -0.05) is 79.2 Å². The molecule has 0 N–H and O–H groups in total. The smallest absolute Gasteiger partial charge is 0.0355 e. The molecule has 27 heavy (non-hydrogen) atoms. The average Bonchev–Trinajstić information content (AvgIpc) is 3.06. The summed E-state index contributed by atoms with van der Waals surface area (Å²) in [5.41, 5.74) is 5.36. The zero-order valence-electron chi connectivity index (χ0n) is 15.6. The van der Waals surface area contributed by atoms with Crippen LogP contribution in [0.5, 0.6) is 0 Å². The SMILES string of the molecule is Cc1ccc(C2=CC(C)C(c3ccc4sc5ccccc5c4c3)C=C2)cc1. The summed E-state index contributed by atoms with van der Waals surface area (Å²) in [6.07, 6.45) is 7.10. The molecule has 1 aromatic heterocycles. The van der Waals surface area contributed by atoms with Crippen molar-refractivity contribution in [2.45, 2.75) is 19.8 Å². The average molecular weight is 367 g/mol. The standard InChI is InChI=1S/C26H22S/c1-17-7-9-19(10-8-17)20-11-13-22(18(2)15-20)21-12-14-26-24(16-21)23-5-3-4-6-25(23)27-26/h3-16,18,22H,1-2H3. The fraction of sp³-hybridized carbons (Fsp3) is 0.154. The molecule has 0 aliphatic heterocycles. The molecule has 4 aromatic rings. The largest absolute Gasteiger partial charge is 0.135 e. The Balaban J connectivity index is 1.51. The first-order chi connectivity index (χ1) is 13.2. The Kier molecular flexibility index (Phi) is 3.98. The molecule has 0 saturated carbocycles. The van der Waals surface area contributed by atoms with Crippen LogP contribution in [0.3, 0.4) is 0 Å². The molecule has 0 nitrogen and oxygen atoms in total. The number of hydrogen-bond acceptors (Lipinski definition) is 1. The highest BCUT2D eigenvalue weighted by atomic mass is 32.1. The van der Waals surface area contributed by atoms with Gasteiger partial charge in [0.05, 0.1) is 0 Å². The minimum Gasteiger partial charge on any atom is -0.135 e. The van der Waals surface area contributed by atoms with Crippen molar-refractivity contribution in [3.63, 3.8) is 0 Å². The normalized spacial score (nSPS) is 19.6. The summed E-state index contributed by atoms with van der Waals surface area (Å²) in [6.45, 7) is 4.47. The molecule has 0 radical (unpaired) electrons. The van der Waals surface area contributed by atoms with Gasteiger partial charge in [-0.2, -0.15) is 0 Å². The lowest BCUT2D eigenvalue weighted by atomic mass is 9.80. The minimum absolute atomic E-state index is 0.433. The summed E-state index contributed by atoms with van der Waals surface area (Å²) in [5, 5.41) is 2.77. The third kappa shape index (κ3) is 2.93. The first kappa shape index (κ1) is 16.5. The van der Waals surface area contributed by atoms with Gasteiger partial charge in [0.2, 0.25) is 0 Å². The van der Waals surface area contributed by atoms with Crippen LogP contribution in [0.25, 0.3) is 25.7 Å². The highest BCUT2D eigenvalue weighted by Crippen LogP contribution is 2.39. The van der Waals surface area contributed by atoms with Gasteiger partial charge >= 0.3 is 0 Å². The molecule has 1 heteroatoms. The van der Waals surface area contributed by atoms with Crippen LogP contribution in [0.4, 0.5) is 0 Å². The van der Waals surface area contributed by atoms with E-state index in [1.807, 2.05) is 11.3 Å². The molecule has 0 amide bonds. The van der Waals surface area contributed by atoms with Gasteiger partial charge in [0.1, 0.15) is 0 Å². The predicted molar refractivity (Wildman–Crippen MR) is 120 cm³/mol. The minimum atomic E-state index is 0.433. The summed E-state index contributed by atoms with van der Waals surface area (Å²) in [5.74, 6) is 0.913. The van der Waals surface area contributed by atoms with Crippen molar-refractivity contribution in [1.29, 1.82) is 0 Å². The van der Waals surface area contributed by atoms with Crippen LogP contribution in [0.2, 0.25) is 0 Å². The Morgan fingerprint density at radius 2 is 1.59 bits per heavy atom. The van der Waals surface area contributed by atoms with E-state index in [-0.39, 0.29) is 0 Å².